The zero-order valence-corrected chi connectivity index (χ0v) is 18.8. The number of benzene rings is 1. The smallest absolute Gasteiger partial charge is 0.217 e. The number of aliphatic hydroxyl groups excluding tert-OH is 1. The predicted octanol–water partition coefficient (Wildman–Crippen LogP) is 4.43. The van der Waals surface area contributed by atoms with Gasteiger partial charge in [0.15, 0.2) is 0 Å². The second-order valence-corrected chi connectivity index (χ2v) is 9.59. The molecule has 2 aromatic rings. The van der Waals surface area contributed by atoms with E-state index in [2.05, 4.69) is 23.7 Å². The number of halogens is 2. The van der Waals surface area contributed by atoms with Crippen molar-refractivity contribution in [3.05, 3.63) is 57.3 Å². The molecular formula is C24H32F2N2O2S. The lowest BCUT2D eigenvalue weighted by atomic mass is 9.79. The molecule has 1 fully saturated rings. The molecule has 1 aliphatic rings. The molecule has 170 valence electrons. The number of rotatable bonds is 10. The third-order valence-corrected chi connectivity index (χ3v) is 7.50. The van der Waals surface area contributed by atoms with Gasteiger partial charge in [-0.3, -0.25) is 4.79 Å². The molecule has 1 heterocycles. The summed E-state index contributed by atoms with van der Waals surface area (Å²) in [5.74, 6) is -2.42. The van der Waals surface area contributed by atoms with Gasteiger partial charge in [-0.15, -0.1) is 11.3 Å². The molecule has 31 heavy (non-hydrogen) atoms. The van der Waals surface area contributed by atoms with Crippen LogP contribution in [0.2, 0.25) is 0 Å². The van der Waals surface area contributed by atoms with Gasteiger partial charge in [-0.05, 0) is 66.3 Å². The summed E-state index contributed by atoms with van der Waals surface area (Å²) in [6.07, 6.45) is 5.68. The molecule has 1 amide bonds. The van der Waals surface area contributed by atoms with Crippen LogP contribution in [-0.2, 0) is 23.2 Å². The van der Waals surface area contributed by atoms with Crippen LogP contribution >= 0.6 is 11.3 Å². The van der Waals surface area contributed by atoms with Crippen molar-refractivity contribution in [3.8, 4) is 0 Å². The van der Waals surface area contributed by atoms with E-state index in [1.807, 2.05) is 0 Å². The summed E-state index contributed by atoms with van der Waals surface area (Å²) in [6, 6.07) is 5.53. The molecule has 1 aromatic carbocycles. The van der Waals surface area contributed by atoms with Crippen molar-refractivity contribution in [2.45, 2.75) is 69.9 Å². The Morgan fingerprint density at radius 2 is 1.84 bits per heavy atom. The normalized spacial score (nSPS) is 17.9. The number of carbonyl (C=O) groups excluding carboxylic acids is 1. The summed E-state index contributed by atoms with van der Waals surface area (Å²) < 4.78 is 27.2. The van der Waals surface area contributed by atoms with E-state index < -0.39 is 29.6 Å². The molecule has 2 unspecified atom stereocenters. The van der Waals surface area contributed by atoms with Gasteiger partial charge in [-0.25, -0.2) is 8.78 Å². The highest BCUT2D eigenvalue weighted by Gasteiger charge is 2.36. The number of aryl methyl sites for hydroxylation is 1. The second kappa shape index (κ2) is 10.7. The third-order valence-electron chi connectivity index (χ3n) is 6.32. The van der Waals surface area contributed by atoms with Gasteiger partial charge < -0.3 is 16.2 Å². The van der Waals surface area contributed by atoms with Gasteiger partial charge in [0, 0.05) is 23.9 Å². The standard InChI is InChI=1S/C24H32F2N2O2S/c1-2-16-11-22(31-15-16)24(6-4-3-5-7-24)28-14-21(29)18(12-23(27)30)8-17-9-19(25)13-20(26)10-17/h9-11,13,15,18,21,28-29H,2-8,12,14H2,1H3,(H2,27,30). The van der Waals surface area contributed by atoms with Gasteiger partial charge in [0.1, 0.15) is 11.6 Å². The van der Waals surface area contributed by atoms with Gasteiger partial charge in [-0.2, -0.15) is 0 Å². The number of carbonyl (C=O) groups is 1. The molecule has 0 spiro atoms. The molecule has 3 rings (SSSR count). The van der Waals surface area contributed by atoms with E-state index in [9.17, 15) is 18.7 Å². The lowest BCUT2D eigenvalue weighted by molar-refractivity contribution is -0.119. The highest BCUT2D eigenvalue weighted by Crippen LogP contribution is 2.40. The average molecular weight is 451 g/mol. The molecule has 4 nitrogen and oxygen atoms in total. The highest BCUT2D eigenvalue weighted by molar-refractivity contribution is 7.10. The van der Waals surface area contributed by atoms with Gasteiger partial charge >= 0.3 is 0 Å². The van der Waals surface area contributed by atoms with Crippen LogP contribution in [0.25, 0.3) is 0 Å². The first-order chi connectivity index (χ1) is 14.8. The van der Waals surface area contributed by atoms with Crippen molar-refractivity contribution in [2.24, 2.45) is 11.7 Å². The van der Waals surface area contributed by atoms with E-state index in [-0.39, 0.29) is 24.9 Å². The average Bonchev–Trinajstić information content (AvgIpc) is 3.21. The zero-order valence-electron chi connectivity index (χ0n) is 18.0. The fourth-order valence-corrected chi connectivity index (χ4v) is 5.81. The molecule has 0 radical (unpaired) electrons. The fraction of sp³-hybridized carbons (Fsp3) is 0.542. The summed E-state index contributed by atoms with van der Waals surface area (Å²) >= 11 is 1.75. The number of thiophene rings is 1. The lowest BCUT2D eigenvalue weighted by Crippen LogP contribution is -2.48. The van der Waals surface area contributed by atoms with Crippen LogP contribution < -0.4 is 11.1 Å². The Morgan fingerprint density at radius 1 is 1.16 bits per heavy atom. The first kappa shape index (κ1) is 23.8. The Morgan fingerprint density at radius 3 is 2.42 bits per heavy atom. The molecule has 1 saturated carbocycles. The van der Waals surface area contributed by atoms with Crippen LogP contribution in [0, 0.1) is 17.6 Å². The molecule has 0 aliphatic heterocycles. The van der Waals surface area contributed by atoms with Crippen molar-refractivity contribution < 1.29 is 18.7 Å². The predicted molar refractivity (Wildman–Crippen MR) is 120 cm³/mol. The molecule has 7 heteroatoms. The van der Waals surface area contributed by atoms with Crippen LogP contribution in [-0.4, -0.2) is 23.7 Å². The van der Waals surface area contributed by atoms with Crippen LogP contribution in [0.15, 0.2) is 29.6 Å². The molecule has 2 atom stereocenters. The van der Waals surface area contributed by atoms with Crippen molar-refractivity contribution in [3.63, 3.8) is 0 Å². The van der Waals surface area contributed by atoms with E-state index in [4.69, 9.17) is 5.73 Å². The number of aliphatic hydroxyl groups is 1. The van der Waals surface area contributed by atoms with Crippen LogP contribution in [0.4, 0.5) is 8.78 Å². The van der Waals surface area contributed by atoms with E-state index in [1.54, 1.807) is 11.3 Å². The second-order valence-electron chi connectivity index (χ2n) is 8.68. The van der Waals surface area contributed by atoms with Gasteiger partial charge in [0.25, 0.3) is 0 Å². The molecular weight excluding hydrogens is 418 g/mol. The highest BCUT2D eigenvalue weighted by atomic mass is 32.1. The maximum atomic E-state index is 13.6. The van der Waals surface area contributed by atoms with Crippen LogP contribution in [0.3, 0.4) is 0 Å². The van der Waals surface area contributed by atoms with Gasteiger partial charge in [0.05, 0.1) is 11.6 Å². The maximum absolute atomic E-state index is 13.6. The topological polar surface area (TPSA) is 75.3 Å². The van der Waals surface area contributed by atoms with E-state index in [0.29, 0.717) is 5.56 Å². The zero-order chi connectivity index (χ0) is 22.4. The Hall–Kier alpha value is -1.83. The Balaban J connectivity index is 1.74. The van der Waals surface area contributed by atoms with Crippen molar-refractivity contribution in [1.82, 2.24) is 5.32 Å². The number of nitrogens with two attached hydrogens (primary N) is 1. The summed E-state index contributed by atoms with van der Waals surface area (Å²) in [5.41, 5.74) is 6.94. The molecule has 1 aliphatic carbocycles. The van der Waals surface area contributed by atoms with Crippen molar-refractivity contribution in [2.75, 3.05) is 6.54 Å². The van der Waals surface area contributed by atoms with Crippen LogP contribution in [0.5, 0.6) is 0 Å². The SMILES string of the molecule is CCc1csc(C2(NCC(O)C(CC(N)=O)Cc3cc(F)cc(F)c3)CCCCC2)c1. The third kappa shape index (κ3) is 6.34. The Labute approximate surface area is 186 Å². The van der Waals surface area contributed by atoms with E-state index >= 15 is 0 Å². The summed E-state index contributed by atoms with van der Waals surface area (Å²) in [4.78, 5) is 12.9. The number of nitrogens with one attached hydrogen (secondary N) is 1. The summed E-state index contributed by atoms with van der Waals surface area (Å²) in [7, 11) is 0. The molecule has 0 saturated heterocycles. The Kier molecular flexibility index (Phi) is 8.19. The van der Waals surface area contributed by atoms with Crippen molar-refractivity contribution in [1.29, 1.82) is 0 Å². The first-order valence-corrected chi connectivity index (χ1v) is 11.9. The van der Waals surface area contributed by atoms with Crippen molar-refractivity contribution >= 4 is 17.2 Å². The van der Waals surface area contributed by atoms with Gasteiger partial charge in [0.2, 0.25) is 5.91 Å². The fourth-order valence-electron chi connectivity index (χ4n) is 4.58. The minimum Gasteiger partial charge on any atom is -0.391 e. The first-order valence-electron chi connectivity index (χ1n) is 11.1. The maximum Gasteiger partial charge on any atom is 0.217 e. The lowest BCUT2D eigenvalue weighted by Gasteiger charge is -2.39. The number of primary amides is 1. The molecule has 1 aromatic heterocycles. The number of hydrogen-bond donors (Lipinski definition) is 3. The van der Waals surface area contributed by atoms with E-state index in [0.717, 1.165) is 38.2 Å². The minimum absolute atomic E-state index is 0.0486. The minimum atomic E-state index is -0.872. The monoisotopic (exact) mass is 450 g/mol. The number of hydrogen-bond acceptors (Lipinski definition) is 4. The summed E-state index contributed by atoms with van der Waals surface area (Å²) in [6.45, 7) is 2.43. The molecule has 0 bridgehead atoms. The largest absolute Gasteiger partial charge is 0.391 e. The van der Waals surface area contributed by atoms with Crippen LogP contribution in [0.1, 0.15) is 61.5 Å². The quantitative estimate of drug-likeness (QED) is 0.501. The summed E-state index contributed by atoms with van der Waals surface area (Å²) in [5, 5.41) is 16.8. The van der Waals surface area contributed by atoms with Gasteiger partial charge in [-0.1, -0.05) is 26.2 Å². The Bertz CT molecular complexity index is 860. The number of amides is 1. The van der Waals surface area contributed by atoms with E-state index in [1.165, 1.54) is 29.0 Å². The molecule has 4 N–H and O–H groups in total.